The molecule has 1 N–H and O–H groups in total. The highest BCUT2D eigenvalue weighted by atomic mass is 16.5. The average Bonchev–Trinajstić information content (AvgIpc) is 3.03. The van der Waals surface area contributed by atoms with Crippen LogP contribution >= 0.6 is 0 Å². The number of rotatable bonds is 5. The summed E-state index contributed by atoms with van der Waals surface area (Å²) in [7, 11) is 0. The minimum Gasteiger partial charge on any atom is -0.489 e. The molecule has 2 aromatic rings. The first-order valence-corrected chi connectivity index (χ1v) is 11.5. The Morgan fingerprint density at radius 1 is 1.17 bits per heavy atom. The van der Waals surface area contributed by atoms with Crippen molar-refractivity contribution in [1.82, 2.24) is 0 Å². The Labute approximate surface area is 179 Å². The monoisotopic (exact) mass is 404 g/mol. The maximum atomic E-state index is 11.1. The van der Waals surface area contributed by atoms with Crippen molar-refractivity contribution in [2.24, 2.45) is 23.2 Å². The summed E-state index contributed by atoms with van der Waals surface area (Å²) in [5.41, 5.74) is 4.10. The number of benzene rings is 2. The molecular weight excluding hydrogens is 372 g/mol. The molecule has 3 aliphatic carbocycles. The molecule has 6 atom stereocenters. The third-order valence-electron chi connectivity index (χ3n) is 8.46. The predicted molar refractivity (Wildman–Crippen MR) is 117 cm³/mol. The van der Waals surface area contributed by atoms with Crippen LogP contribution in [0, 0.1) is 23.2 Å². The van der Waals surface area contributed by atoms with Crippen LogP contribution < -0.4 is 4.74 Å². The minimum atomic E-state index is -0.330. The van der Waals surface area contributed by atoms with Gasteiger partial charge in [0.05, 0.1) is 6.10 Å². The number of hydrogen-bond acceptors (Lipinski definition) is 3. The summed E-state index contributed by atoms with van der Waals surface area (Å²) >= 11 is 0. The van der Waals surface area contributed by atoms with E-state index < -0.39 is 0 Å². The SMILES string of the molecule is C[C@]12CC[C@@H]3c4ccc(OCc5ccccc5)cc4CC[C@H]3[C@@H]1C[C@@H](CC=O)[C@@H]2O. The summed E-state index contributed by atoms with van der Waals surface area (Å²) in [5, 5.41) is 11.0. The molecule has 3 heteroatoms. The van der Waals surface area contributed by atoms with Gasteiger partial charge in [-0.3, -0.25) is 0 Å². The average molecular weight is 405 g/mol. The van der Waals surface area contributed by atoms with E-state index >= 15 is 0 Å². The molecule has 3 aliphatic rings. The van der Waals surface area contributed by atoms with Gasteiger partial charge in [0.25, 0.3) is 0 Å². The fraction of sp³-hybridized carbons (Fsp3) is 0.519. The van der Waals surface area contributed by atoms with Crippen LogP contribution in [0.25, 0.3) is 0 Å². The molecule has 0 saturated heterocycles. The van der Waals surface area contributed by atoms with Gasteiger partial charge >= 0.3 is 0 Å². The summed E-state index contributed by atoms with van der Waals surface area (Å²) < 4.78 is 6.07. The normalized spacial score (nSPS) is 34.5. The quantitative estimate of drug-likeness (QED) is 0.688. The highest BCUT2D eigenvalue weighted by Gasteiger charge is 2.57. The number of carbonyl (C=O) groups is 1. The zero-order valence-electron chi connectivity index (χ0n) is 17.8. The minimum absolute atomic E-state index is 0.0227. The van der Waals surface area contributed by atoms with Gasteiger partial charge in [-0.2, -0.15) is 0 Å². The van der Waals surface area contributed by atoms with Gasteiger partial charge in [-0.1, -0.05) is 43.3 Å². The maximum Gasteiger partial charge on any atom is 0.120 e. The number of aryl methyl sites for hydroxylation is 1. The van der Waals surface area contributed by atoms with E-state index in [1.54, 1.807) is 0 Å². The number of aliphatic hydroxyl groups is 1. The van der Waals surface area contributed by atoms with Crippen molar-refractivity contribution >= 4 is 6.29 Å². The number of fused-ring (bicyclic) bond motifs is 5. The molecule has 0 aliphatic heterocycles. The van der Waals surface area contributed by atoms with Crippen molar-refractivity contribution in [3.63, 3.8) is 0 Å². The Kier molecular flexibility index (Phi) is 5.18. The van der Waals surface area contributed by atoms with Crippen LogP contribution in [0.5, 0.6) is 5.75 Å². The fourth-order valence-electron chi connectivity index (χ4n) is 6.89. The van der Waals surface area contributed by atoms with Crippen LogP contribution in [0.3, 0.4) is 0 Å². The molecule has 0 unspecified atom stereocenters. The van der Waals surface area contributed by atoms with E-state index in [0.717, 1.165) is 37.7 Å². The summed E-state index contributed by atoms with van der Waals surface area (Å²) in [6.07, 6.45) is 6.64. The molecule has 158 valence electrons. The Hall–Kier alpha value is -2.13. The molecule has 2 fully saturated rings. The molecule has 0 bridgehead atoms. The van der Waals surface area contributed by atoms with Crippen molar-refractivity contribution < 1.29 is 14.6 Å². The number of aliphatic hydroxyl groups excluding tert-OH is 1. The molecule has 5 rings (SSSR count). The Morgan fingerprint density at radius 2 is 2.00 bits per heavy atom. The van der Waals surface area contributed by atoms with Gasteiger partial charge in [0.2, 0.25) is 0 Å². The number of aldehydes is 1. The molecule has 0 aromatic heterocycles. The lowest BCUT2D eigenvalue weighted by molar-refractivity contribution is -0.109. The van der Waals surface area contributed by atoms with Crippen LogP contribution in [0.4, 0.5) is 0 Å². The van der Waals surface area contributed by atoms with Crippen molar-refractivity contribution in [3.8, 4) is 5.75 Å². The molecule has 0 heterocycles. The molecule has 2 aromatic carbocycles. The van der Waals surface area contributed by atoms with Gasteiger partial charge in [-0.25, -0.2) is 0 Å². The molecule has 3 nitrogen and oxygen atoms in total. The van der Waals surface area contributed by atoms with Gasteiger partial charge in [0.1, 0.15) is 18.6 Å². The predicted octanol–water partition coefficient (Wildman–Crippen LogP) is 5.30. The summed E-state index contributed by atoms with van der Waals surface area (Å²) in [6.45, 7) is 2.88. The van der Waals surface area contributed by atoms with Crippen molar-refractivity contribution in [3.05, 3.63) is 65.2 Å². The van der Waals surface area contributed by atoms with E-state index in [1.807, 2.05) is 18.2 Å². The second-order valence-corrected chi connectivity index (χ2v) is 9.94. The lowest BCUT2D eigenvalue weighted by Gasteiger charge is -2.50. The van der Waals surface area contributed by atoms with E-state index in [0.29, 0.717) is 30.8 Å². The highest BCUT2D eigenvalue weighted by Crippen LogP contribution is 2.62. The van der Waals surface area contributed by atoms with Gasteiger partial charge < -0.3 is 14.6 Å². The maximum absolute atomic E-state index is 11.1. The van der Waals surface area contributed by atoms with Crippen LogP contribution in [0.1, 0.15) is 61.6 Å². The molecule has 0 radical (unpaired) electrons. The zero-order chi connectivity index (χ0) is 20.7. The van der Waals surface area contributed by atoms with Gasteiger partial charge in [0, 0.05) is 6.42 Å². The van der Waals surface area contributed by atoms with Crippen LogP contribution in [-0.2, 0) is 17.8 Å². The van der Waals surface area contributed by atoms with Crippen LogP contribution in [0.2, 0.25) is 0 Å². The Bertz CT molecular complexity index is 908. The number of ether oxygens (including phenoxy) is 1. The van der Waals surface area contributed by atoms with Gasteiger partial charge in [0.15, 0.2) is 0 Å². The third-order valence-corrected chi connectivity index (χ3v) is 8.46. The largest absolute Gasteiger partial charge is 0.489 e. The third kappa shape index (κ3) is 3.28. The molecular formula is C27H32O3. The highest BCUT2D eigenvalue weighted by molar-refractivity contribution is 5.50. The van der Waals surface area contributed by atoms with E-state index in [1.165, 1.54) is 23.1 Å². The van der Waals surface area contributed by atoms with Crippen molar-refractivity contribution in [1.29, 1.82) is 0 Å². The summed E-state index contributed by atoms with van der Waals surface area (Å²) in [4.78, 5) is 11.1. The fourth-order valence-corrected chi connectivity index (χ4v) is 6.89. The van der Waals surface area contributed by atoms with E-state index in [9.17, 15) is 9.90 Å². The summed E-state index contributed by atoms with van der Waals surface area (Å²) in [5.74, 6) is 2.83. The first-order chi connectivity index (χ1) is 14.6. The first-order valence-electron chi connectivity index (χ1n) is 11.5. The van der Waals surface area contributed by atoms with Crippen molar-refractivity contribution in [2.75, 3.05) is 0 Å². The van der Waals surface area contributed by atoms with Crippen LogP contribution in [0.15, 0.2) is 48.5 Å². The second-order valence-electron chi connectivity index (χ2n) is 9.94. The topological polar surface area (TPSA) is 46.5 Å². The van der Waals surface area contributed by atoms with Crippen molar-refractivity contribution in [2.45, 2.75) is 64.1 Å². The number of hydrogen-bond donors (Lipinski definition) is 1. The molecule has 0 amide bonds. The molecule has 0 spiro atoms. The standard InChI is InChI=1S/C27H32O3/c1-27-13-11-23-22-10-8-21(30-17-18-5-3-2-4-6-18)15-19(22)7-9-24(23)25(27)16-20(12-14-28)26(27)29/h2-6,8,10,14-15,20,23-26,29H,7,9,11-13,16-17H2,1H3/t20-,23-,24-,25+,26+,27+/m1/s1. The number of carbonyl (C=O) groups excluding carboxylic acids is 1. The van der Waals surface area contributed by atoms with E-state index in [4.69, 9.17) is 4.74 Å². The smallest absolute Gasteiger partial charge is 0.120 e. The lowest BCUT2D eigenvalue weighted by Crippen LogP contribution is -2.44. The first kappa shape index (κ1) is 19.8. The Morgan fingerprint density at radius 3 is 2.80 bits per heavy atom. The molecule has 2 saturated carbocycles. The summed E-state index contributed by atoms with van der Waals surface area (Å²) in [6, 6.07) is 17.0. The van der Waals surface area contributed by atoms with Gasteiger partial charge in [-0.05, 0) is 90.0 Å². The van der Waals surface area contributed by atoms with E-state index in [2.05, 4.69) is 37.3 Å². The van der Waals surface area contributed by atoms with E-state index in [-0.39, 0.29) is 17.4 Å². The zero-order valence-corrected chi connectivity index (χ0v) is 17.8. The Balaban J connectivity index is 1.34. The van der Waals surface area contributed by atoms with Gasteiger partial charge in [-0.15, -0.1) is 0 Å². The lowest BCUT2D eigenvalue weighted by atomic mass is 9.55. The second kappa shape index (κ2) is 7.85. The van der Waals surface area contributed by atoms with Crippen LogP contribution in [-0.4, -0.2) is 17.5 Å². The molecule has 30 heavy (non-hydrogen) atoms.